The van der Waals surface area contributed by atoms with Gasteiger partial charge in [-0.25, -0.2) is 15.0 Å². The number of nitrogens with zero attached hydrogens (tertiary/aromatic N) is 1. The fourth-order valence-electron chi connectivity index (χ4n) is 4.75. The minimum absolute atomic E-state index is 0.115. The van der Waals surface area contributed by atoms with Gasteiger partial charge in [-0.15, -0.1) is 11.3 Å². The smallest absolute Gasteiger partial charge is 0.345 e. The Morgan fingerprint density at radius 3 is 2.56 bits per heavy atom. The molecule has 0 fully saturated rings. The molecule has 43 heavy (non-hydrogen) atoms. The van der Waals surface area contributed by atoms with Gasteiger partial charge in [0.2, 0.25) is 0 Å². The number of halogens is 2. The Balaban J connectivity index is 1.35. The monoisotopic (exact) mass is 637 g/mol. The number of thiophene rings is 1. The van der Waals surface area contributed by atoms with Crippen LogP contribution >= 0.6 is 34.5 Å². The zero-order valence-corrected chi connectivity index (χ0v) is 25.2. The molecule has 0 aliphatic heterocycles. The van der Waals surface area contributed by atoms with E-state index < -0.39 is 23.8 Å². The number of rotatable bonds is 7. The molecule has 1 aliphatic carbocycles. The van der Waals surface area contributed by atoms with Gasteiger partial charge in [0.05, 0.1) is 29.0 Å². The number of ether oxygens (including phenoxy) is 2. The number of benzene rings is 3. The van der Waals surface area contributed by atoms with Gasteiger partial charge < -0.3 is 14.8 Å². The molecule has 0 unspecified atom stereocenters. The van der Waals surface area contributed by atoms with E-state index in [1.165, 1.54) is 35.8 Å². The van der Waals surface area contributed by atoms with Crippen LogP contribution < -0.4 is 15.5 Å². The normalized spacial score (nSPS) is 12.5. The van der Waals surface area contributed by atoms with Gasteiger partial charge in [-0.3, -0.25) is 9.59 Å². The molecule has 0 spiro atoms. The number of esters is 2. The summed E-state index contributed by atoms with van der Waals surface area (Å²) in [4.78, 5) is 52.1. The predicted molar refractivity (Wildman–Crippen MR) is 167 cm³/mol. The maximum absolute atomic E-state index is 12.9. The van der Waals surface area contributed by atoms with Crippen molar-refractivity contribution < 1.29 is 28.7 Å². The fraction of sp³-hybridized carbons (Fsp3) is 0.194. The van der Waals surface area contributed by atoms with Crippen molar-refractivity contribution in [3.05, 3.63) is 91.8 Å². The highest BCUT2D eigenvalue weighted by Gasteiger charge is 2.28. The maximum atomic E-state index is 12.9. The number of carbonyl (C=O) groups is 4. The first kappa shape index (κ1) is 30.2. The second-order valence-corrected chi connectivity index (χ2v) is 11.4. The summed E-state index contributed by atoms with van der Waals surface area (Å²) < 4.78 is 10.9. The number of hydrogen-bond donors (Lipinski definition) is 2. The molecule has 1 aliphatic rings. The predicted octanol–water partition coefficient (Wildman–Crippen LogP) is 6.57. The van der Waals surface area contributed by atoms with Crippen LogP contribution in [0.3, 0.4) is 0 Å². The Bertz CT molecular complexity index is 1780. The average molecular weight is 639 g/mol. The van der Waals surface area contributed by atoms with Crippen LogP contribution in [0.2, 0.25) is 10.0 Å². The van der Waals surface area contributed by atoms with Gasteiger partial charge in [-0.1, -0.05) is 53.5 Å². The minimum atomic E-state index is -1.05. The second-order valence-electron chi connectivity index (χ2n) is 9.50. The first-order valence-electron chi connectivity index (χ1n) is 13.4. The maximum Gasteiger partial charge on any atom is 0.345 e. The average Bonchev–Trinajstić information content (AvgIpc) is 3.35. The van der Waals surface area contributed by atoms with Crippen LogP contribution in [0.15, 0.2) is 59.7 Å². The van der Waals surface area contributed by atoms with Crippen LogP contribution in [0.5, 0.6) is 5.75 Å². The van der Waals surface area contributed by atoms with E-state index in [2.05, 4.69) is 15.8 Å². The van der Waals surface area contributed by atoms with Gasteiger partial charge >= 0.3 is 23.8 Å². The Morgan fingerprint density at radius 2 is 1.77 bits per heavy atom. The first-order valence-corrected chi connectivity index (χ1v) is 15.0. The SMILES string of the molecule is CCOC(=O)c1c(NC(=O)C(=O)N/N=C\c2c(OC(=O)c3ccc(Cl)cc3Cl)ccc3ccccc23)sc2c1CCCC2. The van der Waals surface area contributed by atoms with Crippen LogP contribution in [0.25, 0.3) is 10.8 Å². The molecular formula is C31H25Cl2N3O6S. The standard InChI is InChI=1S/C31H25Cl2N3O6S/c1-2-41-31(40)26-21-9-5-6-10-25(21)43-29(26)35-27(37)28(38)36-34-16-22-19-8-4-3-7-17(19)11-14-24(22)42-30(39)20-13-12-18(32)15-23(20)33/h3-4,7-8,11-16H,2,5-6,9-10H2,1H3,(H,35,37)(H,36,38)/b34-16-. The highest BCUT2D eigenvalue weighted by atomic mass is 35.5. The third-order valence-electron chi connectivity index (χ3n) is 6.73. The number of hydrazone groups is 1. The van der Waals surface area contributed by atoms with Crippen LogP contribution in [0.1, 0.15) is 56.5 Å². The highest BCUT2D eigenvalue weighted by molar-refractivity contribution is 7.17. The molecule has 0 bridgehead atoms. The number of amides is 2. The van der Waals surface area contributed by atoms with E-state index >= 15 is 0 Å². The van der Waals surface area contributed by atoms with Crippen molar-refractivity contribution in [1.29, 1.82) is 0 Å². The lowest BCUT2D eigenvalue weighted by molar-refractivity contribution is -0.136. The van der Waals surface area contributed by atoms with E-state index in [0.29, 0.717) is 28.0 Å². The van der Waals surface area contributed by atoms with E-state index in [0.717, 1.165) is 35.1 Å². The second kappa shape index (κ2) is 13.4. The summed E-state index contributed by atoms with van der Waals surface area (Å²) in [5.74, 6) is -3.15. The topological polar surface area (TPSA) is 123 Å². The molecule has 5 rings (SSSR count). The Kier molecular flexibility index (Phi) is 9.40. The van der Waals surface area contributed by atoms with E-state index in [-0.39, 0.29) is 27.9 Å². The largest absolute Gasteiger partial charge is 0.462 e. The zero-order chi connectivity index (χ0) is 30.5. The van der Waals surface area contributed by atoms with Crippen LogP contribution in [0, 0.1) is 0 Å². The van der Waals surface area contributed by atoms with Gasteiger partial charge in [0.25, 0.3) is 0 Å². The number of nitrogens with one attached hydrogen (secondary N) is 2. The lowest BCUT2D eigenvalue weighted by Crippen LogP contribution is -2.32. The Morgan fingerprint density at radius 1 is 0.977 bits per heavy atom. The van der Waals surface area contributed by atoms with Crippen LogP contribution in [-0.4, -0.2) is 36.6 Å². The van der Waals surface area contributed by atoms with Crippen molar-refractivity contribution in [3.63, 3.8) is 0 Å². The zero-order valence-electron chi connectivity index (χ0n) is 22.9. The van der Waals surface area contributed by atoms with Crippen LogP contribution in [-0.2, 0) is 27.2 Å². The van der Waals surface area contributed by atoms with E-state index in [1.807, 2.05) is 12.1 Å². The van der Waals surface area contributed by atoms with Gasteiger partial charge in [0.1, 0.15) is 10.8 Å². The molecule has 0 saturated carbocycles. The van der Waals surface area contributed by atoms with Crippen molar-refractivity contribution in [2.45, 2.75) is 32.6 Å². The van der Waals surface area contributed by atoms with Gasteiger partial charge in [0.15, 0.2) is 0 Å². The third kappa shape index (κ3) is 6.72. The molecular weight excluding hydrogens is 613 g/mol. The summed E-state index contributed by atoms with van der Waals surface area (Å²) in [6, 6.07) is 15.1. The molecule has 3 aromatic carbocycles. The van der Waals surface area contributed by atoms with Crippen molar-refractivity contribution >= 4 is 80.3 Å². The van der Waals surface area contributed by atoms with Gasteiger partial charge in [-0.2, -0.15) is 5.10 Å². The van der Waals surface area contributed by atoms with Crippen molar-refractivity contribution in [2.24, 2.45) is 5.10 Å². The number of hydrogen-bond acceptors (Lipinski definition) is 8. The molecule has 12 heteroatoms. The molecule has 2 N–H and O–H groups in total. The molecule has 220 valence electrons. The van der Waals surface area contributed by atoms with Crippen molar-refractivity contribution in [2.75, 3.05) is 11.9 Å². The summed E-state index contributed by atoms with van der Waals surface area (Å²) in [7, 11) is 0. The molecule has 9 nitrogen and oxygen atoms in total. The Labute approximate surface area is 260 Å². The summed E-state index contributed by atoms with van der Waals surface area (Å²) in [6.45, 7) is 1.89. The minimum Gasteiger partial charge on any atom is -0.462 e. The molecule has 0 saturated heterocycles. The molecule has 1 aromatic heterocycles. The molecule has 0 radical (unpaired) electrons. The van der Waals surface area contributed by atoms with Crippen molar-refractivity contribution in [3.8, 4) is 5.75 Å². The summed E-state index contributed by atoms with van der Waals surface area (Å²) in [5.41, 5.74) is 3.87. The molecule has 0 atom stereocenters. The quantitative estimate of drug-likeness (QED) is 0.0776. The van der Waals surface area contributed by atoms with E-state index in [4.69, 9.17) is 32.7 Å². The third-order valence-corrected chi connectivity index (χ3v) is 8.48. The first-order chi connectivity index (χ1) is 20.8. The number of aryl methyl sites for hydroxylation is 1. The highest BCUT2D eigenvalue weighted by Crippen LogP contribution is 2.38. The Hall–Kier alpha value is -4.25. The van der Waals surface area contributed by atoms with Gasteiger partial charge in [-0.05, 0) is 73.2 Å². The fourth-order valence-corrected chi connectivity index (χ4v) is 6.50. The van der Waals surface area contributed by atoms with E-state index in [9.17, 15) is 19.2 Å². The summed E-state index contributed by atoms with van der Waals surface area (Å²) in [6.07, 6.45) is 4.69. The number of fused-ring (bicyclic) bond motifs is 2. The molecule has 1 heterocycles. The molecule has 4 aromatic rings. The lowest BCUT2D eigenvalue weighted by atomic mass is 9.95. The lowest BCUT2D eigenvalue weighted by Gasteiger charge is -2.12. The summed E-state index contributed by atoms with van der Waals surface area (Å²) in [5, 5.41) is 8.80. The van der Waals surface area contributed by atoms with Crippen LogP contribution in [0.4, 0.5) is 5.00 Å². The molecule has 2 amide bonds. The number of anilines is 1. The van der Waals surface area contributed by atoms with Crippen molar-refractivity contribution in [1.82, 2.24) is 5.43 Å². The van der Waals surface area contributed by atoms with Gasteiger partial charge in [0, 0.05) is 15.5 Å². The van der Waals surface area contributed by atoms with E-state index in [1.54, 1.807) is 31.2 Å². The summed E-state index contributed by atoms with van der Waals surface area (Å²) >= 11 is 13.4. The number of carbonyl (C=O) groups excluding carboxylic acids is 4.